The van der Waals surface area contributed by atoms with Crippen molar-refractivity contribution in [1.29, 1.82) is 0 Å². The molecule has 0 unspecified atom stereocenters. The summed E-state index contributed by atoms with van der Waals surface area (Å²) < 4.78 is 34.3. The zero-order chi connectivity index (χ0) is 21.5. The minimum absolute atomic E-state index is 0.136. The van der Waals surface area contributed by atoms with Gasteiger partial charge in [-0.05, 0) is 55.3 Å². The number of ether oxygens (including phenoxy) is 1. The van der Waals surface area contributed by atoms with Gasteiger partial charge in [0.1, 0.15) is 10.6 Å². The number of hydrogen-bond donors (Lipinski definition) is 0. The zero-order valence-electron chi connectivity index (χ0n) is 16.9. The van der Waals surface area contributed by atoms with Crippen LogP contribution in [-0.4, -0.2) is 47.7 Å². The molecule has 3 aromatic rings. The Hall–Kier alpha value is -3.04. The van der Waals surface area contributed by atoms with Gasteiger partial charge in [-0.25, -0.2) is 13.1 Å². The SMILES string of the molecule is COc1cc(C)c(C)cc1S(=O)(=O)N1CC(n2nc(-c3ccncc3)ccc2=O)C1. The topological polar surface area (TPSA) is 94.4 Å². The van der Waals surface area contributed by atoms with E-state index in [1.807, 2.05) is 13.8 Å². The monoisotopic (exact) mass is 426 g/mol. The number of methoxy groups -OCH3 is 1. The third-order valence-corrected chi connectivity index (χ3v) is 7.23. The van der Waals surface area contributed by atoms with Gasteiger partial charge in [0.05, 0.1) is 18.8 Å². The fraction of sp³-hybridized carbons (Fsp3) is 0.286. The lowest BCUT2D eigenvalue weighted by Crippen LogP contribution is -2.53. The molecule has 0 bridgehead atoms. The summed E-state index contributed by atoms with van der Waals surface area (Å²) in [6, 6.07) is 9.75. The summed E-state index contributed by atoms with van der Waals surface area (Å²) in [7, 11) is -2.29. The molecule has 3 heterocycles. The van der Waals surface area contributed by atoms with Crippen LogP contribution in [0.1, 0.15) is 17.2 Å². The Labute approximate surface area is 174 Å². The fourth-order valence-corrected chi connectivity index (χ4v) is 5.13. The van der Waals surface area contributed by atoms with Gasteiger partial charge in [-0.15, -0.1) is 0 Å². The molecular weight excluding hydrogens is 404 g/mol. The van der Waals surface area contributed by atoms with Crippen molar-refractivity contribution < 1.29 is 13.2 Å². The maximum Gasteiger partial charge on any atom is 0.267 e. The van der Waals surface area contributed by atoms with Crippen LogP contribution in [-0.2, 0) is 10.0 Å². The highest BCUT2D eigenvalue weighted by atomic mass is 32.2. The van der Waals surface area contributed by atoms with Crippen molar-refractivity contribution in [2.24, 2.45) is 0 Å². The lowest BCUT2D eigenvalue weighted by Gasteiger charge is -2.38. The molecule has 1 saturated heterocycles. The number of rotatable bonds is 5. The molecule has 0 aliphatic carbocycles. The van der Waals surface area contributed by atoms with E-state index in [9.17, 15) is 13.2 Å². The van der Waals surface area contributed by atoms with Crippen LogP contribution in [0.5, 0.6) is 5.75 Å². The van der Waals surface area contributed by atoms with E-state index in [0.29, 0.717) is 11.4 Å². The van der Waals surface area contributed by atoms with Crippen LogP contribution in [0.25, 0.3) is 11.3 Å². The van der Waals surface area contributed by atoms with E-state index < -0.39 is 10.0 Å². The molecule has 1 aliphatic rings. The Morgan fingerprint density at radius 2 is 1.70 bits per heavy atom. The summed E-state index contributed by atoms with van der Waals surface area (Å²) in [6.07, 6.45) is 3.31. The largest absolute Gasteiger partial charge is 0.495 e. The third-order valence-electron chi connectivity index (χ3n) is 5.37. The van der Waals surface area contributed by atoms with Gasteiger partial charge in [0.25, 0.3) is 5.56 Å². The molecular formula is C21H22N4O4S. The summed E-state index contributed by atoms with van der Waals surface area (Å²) in [5.74, 6) is 0.316. The maximum absolute atomic E-state index is 13.1. The molecule has 0 radical (unpaired) electrons. The second kappa shape index (κ2) is 7.66. The molecule has 0 spiro atoms. The summed E-state index contributed by atoms with van der Waals surface area (Å²) in [5, 5.41) is 4.44. The highest BCUT2D eigenvalue weighted by Gasteiger charge is 2.40. The Kier molecular flexibility index (Phi) is 5.17. The Balaban J connectivity index is 1.60. The van der Waals surface area contributed by atoms with Crippen LogP contribution in [0.3, 0.4) is 0 Å². The first-order valence-electron chi connectivity index (χ1n) is 9.47. The third kappa shape index (κ3) is 3.50. The molecule has 1 aromatic carbocycles. The second-order valence-electron chi connectivity index (χ2n) is 7.30. The van der Waals surface area contributed by atoms with E-state index in [0.717, 1.165) is 16.7 Å². The first kappa shape index (κ1) is 20.2. The molecule has 1 aliphatic heterocycles. The number of benzene rings is 1. The lowest BCUT2D eigenvalue weighted by atomic mass is 10.1. The average Bonchev–Trinajstić information content (AvgIpc) is 2.70. The van der Waals surface area contributed by atoms with Crippen LogP contribution in [0, 0.1) is 13.8 Å². The Morgan fingerprint density at radius 1 is 1.03 bits per heavy atom. The summed E-state index contributed by atoms with van der Waals surface area (Å²) in [4.78, 5) is 16.5. The van der Waals surface area contributed by atoms with Gasteiger partial charge in [-0.2, -0.15) is 9.40 Å². The number of pyridine rings is 1. The summed E-state index contributed by atoms with van der Waals surface area (Å²) >= 11 is 0. The predicted molar refractivity (Wildman–Crippen MR) is 112 cm³/mol. The first-order chi connectivity index (χ1) is 14.3. The molecule has 0 saturated carbocycles. The molecule has 0 atom stereocenters. The van der Waals surface area contributed by atoms with E-state index in [4.69, 9.17) is 4.74 Å². The molecule has 156 valence electrons. The number of aromatic nitrogens is 3. The van der Waals surface area contributed by atoms with Crippen LogP contribution >= 0.6 is 0 Å². The van der Waals surface area contributed by atoms with Gasteiger partial charge >= 0.3 is 0 Å². The van der Waals surface area contributed by atoms with E-state index in [-0.39, 0.29) is 29.6 Å². The Bertz CT molecular complexity index is 1250. The van der Waals surface area contributed by atoms with Crippen molar-refractivity contribution in [1.82, 2.24) is 19.1 Å². The molecule has 8 nitrogen and oxygen atoms in total. The fourth-order valence-electron chi connectivity index (χ4n) is 3.39. The normalized spacial score (nSPS) is 15.0. The van der Waals surface area contributed by atoms with Crippen LogP contribution in [0.2, 0.25) is 0 Å². The molecule has 9 heteroatoms. The predicted octanol–water partition coefficient (Wildman–Crippen LogP) is 2.18. The quantitative estimate of drug-likeness (QED) is 0.621. The van der Waals surface area contributed by atoms with Crippen molar-refractivity contribution >= 4 is 10.0 Å². The van der Waals surface area contributed by atoms with Crippen molar-refractivity contribution in [2.45, 2.75) is 24.8 Å². The van der Waals surface area contributed by atoms with Crippen molar-refractivity contribution in [3.8, 4) is 17.0 Å². The Morgan fingerprint density at radius 3 is 2.37 bits per heavy atom. The number of hydrogen-bond acceptors (Lipinski definition) is 6. The molecule has 0 N–H and O–H groups in total. The summed E-state index contributed by atoms with van der Waals surface area (Å²) in [6.45, 7) is 4.11. The van der Waals surface area contributed by atoms with Crippen molar-refractivity contribution in [3.05, 3.63) is 70.3 Å². The second-order valence-corrected chi connectivity index (χ2v) is 9.21. The minimum Gasteiger partial charge on any atom is -0.495 e. The molecule has 0 amide bonds. The van der Waals surface area contributed by atoms with E-state index in [1.54, 1.807) is 42.7 Å². The first-order valence-corrected chi connectivity index (χ1v) is 10.9. The summed E-state index contributed by atoms with van der Waals surface area (Å²) in [5.41, 5.74) is 3.03. The molecule has 2 aromatic heterocycles. The minimum atomic E-state index is -3.74. The number of nitrogens with zero attached hydrogens (tertiary/aromatic N) is 4. The highest BCUT2D eigenvalue weighted by molar-refractivity contribution is 7.89. The highest BCUT2D eigenvalue weighted by Crippen LogP contribution is 2.34. The van der Waals surface area contributed by atoms with Gasteiger partial charge in [0.15, 0.2) is 0 Å². The van der Waals surface area contributed by atoms with E-state index in [2.05, 4.69) is 10.1 Å². The number of sulfonamides is 1. The van der Waals surface area contributed by atoms with E-state index >= 15 is 0 Å². The molecule has 30 heavy (non-hydrogen) atoms. The van der Waals surface area contributed by atoms with Gasteiger partial charge in [0, 0.05) is 37.1 Å². The van der Waals surface area contributed by atoms with Gasteiger partial charge in [0.2, 0.25) is 10.0 Å². The van der Waals surface area contributed by atoms with Gasteiger partial charge in [-0.1, -0.05) is 0 Å². The van der Waals surface area contributed by atoms with Crippen LogP contribution in [0.4, 0.5) is 0 Å². The van der Waals surface area contributed by atoms with Crippen molar-refractivity contribution in [2.75, 3.05) is 20.2 Å². The maximum atomic E-state index is 13.1. The van der Waals surface area contributed by atoms with Crippen molar-refractivity contribution in [3.63, 3.8) is 0 Å². The average molecular weight is 426 g/mol. The van der Waals surface area contributed by atoms with Crippen LogP contribution in [0.15, 0.2) is 58.5 Å². The molecule has 1 fully saturated rings. The van der Waals surface area contributed by atoms with Crippen LogP contribution < -0.4 is 10.3 Å². The standard InChI is InChI=1S/C21H22N4O4S/c1-14-10-19(29-3)20(11-15(14)2)30(27,28)24-12-17(13-24)25-21(26)5-4-18(23-25)16-6-8-22-9-7-16/h4-11,17H,12-13H2,1-3H3. The lowest BCUT2D eigenvalue weighted by molar-refractivity contribution is 0.185. The number of aryl methyl sites for hydroxylation is 2. The van der Waals surface area contributed by atoms with E-state index in [1.165, 1.54) is 22.2 Å². The molecule has 4 rings (SSSR count). The van der Waals surface area contributed by atoms with Gasteiger partial charge in [-0.3, -0.25) is 9.78 Å². The van der Waals surface area contributed by atoms with Gasteiger partial charge < -0.3 is 4.74 Å². The smallest absolute Gasteiger partial charge is 0.267 e. The zero-order valence-corrected chi connectivity index (χ0v) is 17.8.